The van der Waals surface area contributed by atoms with E-state index < -0.39 is 0 Å². The van der Waals surface area contributed by atoms with Crippen LogP contribution in [0.5, 0.6) is 11.5 Å². The van der Waals surface area contributed by atoms with Crippen LogP contribution in [-0.2, 0) is 5.41 Å². The number of aromatic nitrogens is 4. The van der Waals surface area contributed by atoms with Crippen LogP contribution in [0.3, 0.4) is 0 Å². The quantitative estimate of drug-likeness (QED) is 0.128. The molecule has 0 spiro atoms. The third-order valence-corrected chi connectivity index (χ3v) is 14.1. The summed E-state index contributed by atoms with van der Waals surface area (Å²) in [5.41, 5.74) is 18.3. The Balaban J connectivity index is 0.956. The van der Waals surface area contributed by atoms with E-state index in [0.29, 0.717) is 11.5 Å². The summed E-state index contributed by atoms with van der Waals surface area (Å²) in [6, 6.07) is 73.1. The molecule has 0 aliphatic carbocycles. The number of hydrogen-bond acceptors (Lipinski definition) is 3. The molecule has 5 heterocycles. The SMILES string of the molecule is CC(C)(C)c1ccnc(-n2c3cc(Oc4cccc(-n5[c-][n+]6c7c(cccc75)-c5ccccc5-c5ccccc5-c5cccc(-c7ccccc7)c5-6)c4)ccc3c3c4c(ccc32)oc2ccccc24)c1. The van der Waals surface area contributed by atoms with Crippen LogP contribution in [0.25, 0.3) is 116 Å². The summed E-state index contributed by atoms with van der Waals surface area (Å²) in [6.07, 6.45) is 5.85. The second kappa shape index (κ2) is 15.3. The van der Waals surface area contributed by atoms with Crippen LogP contribution in [0.1, 0.15) is 26.3 Å². The fourth-order valence-corrected chi connectivity index (χ4v) is 10.9. The van der Waals surface area contributed by atoms with Crippen molar-refractivity contribution in [3.63, 3.8) is 0 Å². The predicted molar refractivity (Wildman–Crippen MR) is 284 cm³/mol. The standard InChI is InChI=1S/C64H44N4O2/c1-64(2,3)41-34-35-65-59(36-41)68-54-32-33-58-61(53-24-11-12-29-57(53)70-58)60(54)52-31-30-44(38-56(52)68)69-43-19-13-18-42(37-43)66-39-67-62-45(40-16-5-4-6-17-40)25-14-26-50(62)48-22-9-7-20-46(48)47-21-8-10-23-49(47)51-27-15-28-55(66)63(51)67/h4-38H,1-3H3. The predicted octanol–water partition coefficient (Wildman–Crippen LogP) is 16.2. The highest BCUT2D eigenvalue weighted by Gasteiger charge is 2.27. The first-order chi connectivity index (χ1) is 34.4. The molecule has 13 aromatic rings. The molecule has 70 heavy (non-hydrogen) atoms. The van der Waals surface area contributed by atoms with Crippen molar-refractivity contribution in [2.45, 2.75) is 26.2 Å². The van der Waals surface area contributed by atoms with E-state index in [1.54, 1.807) is 0 Å². The van der Waals surface area contributed by atoms with Crippen LogP contribution in [0.2, 0.25) is 0 Å². The average Bonchev–Trinajstić information content (AvgIpc) is 4.09. The van der Waals surface area contributed by atoms with Gasteiger partial charge in [-0.2, -0.15) is 0 Å². The zero-order valence-electron chi connectivity index (χ0n) is 38.8. The van der Waals surface area contributed by atoms with Crippen LogP contribution in [-0.4, -0.2) is 14.1 Å². The zero-order valence-corrected chi connectivity index (χ0v) is 38.8. The molecule has 0 fully saturated rings. The van der Waals surface area contributed by atoms with Gasteiger partial charge in [0.2, 0.25) is 0 Å². The minimum atomic E-state index is -0.0634. The molecule has 1 aliphatic heterocycles. The first-order valence-electron chi connectivity index (χ1n) is 23.9. The van der Waals surface area contributed by atoms with Crippen molar-refractivity contribution >= 4 is 54.8 Å². The molecule has 332 valence electrons. The number of benzene rings is 9. The number of furan rings is 1. The van der Waals surface area contributed by atoms with Crippen LogP contribution < -0.4 is 9.30 Å². The molecule has 0 radical (unpaired) electrons. The molecule has 0 bridgehead atoms. The zero-order chi connectivity index (χ0) is 46.7. The Kier molecular flexibility index (Phi) is 8.74. The van der Waals surface area contributed by atoms with E-state index in [1.165, 1.54) is 27.8 Å². The summed E-state index contributed by atoms with van der Waals surface area (Å²) in [6.45, 7) is 6.72. The number of nitrogens with zero attached hydrogens (tertiary/aromatic N) is 4. The molecule has 9 aromatic carbocycles. The molecule has 0 saturated carbocycles. The van der Waals surface area contributed by atoms with Crippen LogP contribution >= 0.6 is 0 Å². The Hall–Kier alpha value is -9.00. The van der Waals surface area contributed by atoms with Gasteiger partial charge in [-0.25, -0.2) is 4.98 Å². The fourth-order valence-electron chi connectivity index (χ4n) is 10.9. The summed E-state index contributed by atoms with van der Waals surface area (Å²) in [5.74, 6) is 2.27. The van der Waals surface area contributed by atoms with E-state index in [-0.39, 0.29) is 5.41 Å². The normalized spacial score (nSPS) is 12.2. The number of ether oxygens (including phenoxy) is 1. The molecule has 0 N–H and O–H groups in total. The van der Waals surface area contributed by atoms with Gasteiger partial charge in [-0.05, 0) is 116 Å². The molecule has 0 unspecified atom stereocenters. The smallest absolute Gasteiger partial charge is 0.269 e. The van der Waals surface area contributed by atoms with E-state index >= 15 is 0 Å². The summed E-state index contributed by atoms with van der Waals surface area (Å²) < 4.78 is 20.1. The van der Waals surface area contributed by atoms with Crippen molar-refractivity contribution in [2.75, 3.05) is 0 Å². The Morgan fingerprint density at radius 2 is 1.17 bits per heavy atom. The minimum Gasteiger partial charge on any atom is -0.458 e. The molecule has 14 rings (SSSR count). The van der Waals surface area contributed by atoms with Gasteiger partial charge in [-0.1, -0.05) is 160 Å². The van der Waals surface area contributed by atoms with Crippen molar-refractivity contribution in [1.82, 2.24) is 14.1 Å². The largest absolute Gasteiger partial charge is 0.458 e. The van der Waals surface area contributed by atoms with Crippen molar-refractivity contribution in [3.05, 3.63) is 224 Å². The Labute approximate surface area is 404 Å². The first kappa shape index (κ1) is 40.1. The number of pyridine rings is 1. The molecular formula is C64H44N4O2. The third-order valence-electron chi connectivity index (χ3n) is 14.1. The van der Waals surface area contributed by atoms with Crippen molar-refractivity contribution < 1.29 is 13.7 Å². The van der Waals surface area contributed by atoms with Gasteiger partial charge in [0.05, 0.1) is 33.4 Å². The van der Waals surface area contributed by atoms with Gasteiger partial charge in [0.15, 0.2) is 0 Å². The van der Waals surface area contributed by atoms with Gasteiger partial charge in [0.25, 0.3) is 6.33 Å². The second-order valence-electron chi connectivity index (χ2n) is 19.3. The van der Waals surface area contributed by atoms with Gasteiger partial charge < -0.3 is 9.15 Å². The van der Waals surface area contributed by atoms with E-state index in [4.69, 9.17) is 14.1 Å². The fraction of sp³-hybridized carbons (Fsp3) is 0.0625. The summed E-state index contributed by atoms with van der Waals surface area (Å²) in [7, 11) is 0. The van der Waals surface area contributed by atoms with Gasteiger partial charge in [-0.15, -0.1) is 0 Å². The van der Waals surface area contributed by atoms with Crippen LogP contribution in [0.4, 0.5) is 0 Å². The maximum atomic E-state index is 6.93. The van der Waals surface area contributed by atoms with Crippen molar-refractivity contribution in [3.8, 4) is 73.2 Å². The lowest BCUT2D eigenvalue weighted by molar-refractivity contribution is -0.570. The Morgan fingerprint density at radius 1 is 0.500 bits per heavy atom. The highest BCUT2D eigenvalue weighted by molar-refractivity contribution is 6.27. The lowest BCUT2D eigenvalue weighted by atomic mass is 9.88. The van der Waals surface area contributed by atoms with Gasteiger partial charge in [0, 0.05) is 33.8 Å². The highest BCUT2D eigenvalue weighted by Crippen LogP contribution is 2.46. The van der Waals surface area contributed by atoms with Crippen molar-refractivity contribution in [2.24, 2.45) is 0 Å². The summed E-state index contributed by atoms with van der Waals surface area (Å²) >= 11 is 0. The second-order valence-corrected chi connectivity index (χ2v) is 19.3. The van der Waals surface area contributed by atoms with E-state index in [2.05, 4.69) is 229 Å². The monoisotopic (exact) mass is 900 g/mol. The highest BCUT2D eigenvalue weighted by atomic mass is 16.5. The van der Waals surface area contributed by atoms with E-state index in [0.717, 1.165) is 94.2 Å². The van der Waals surface area contributed by atoms with Crippen molar-refractivity contribution in [1.29, 1.82) is 0 Å². The maximum absolute atomic E-state index is 6.93. The third kappa shape index (κ3) is 6.13. The number of para-hydroxylation sites is 3. The molecule has 6 heteroatoms. The van der Waals surface area contributed by atoms with E-state index in [9.17, 15) is 0 Å². The lowest BCUT2D eigenvalue weighted by Gasteiger charge is -2.20. The van der Waals surface area contributed by atoms with Gasteiger partial charge in [-0.3, -0.25) is 13.7 Å². The van der Waals surface area contributed by atoms with E-state index in [1.807, 2.05) is 24.4 Å². The lowest BCUT2D eigenvalue weighted by Crippen LogP contribution is -2.32. The van der Waals surface area contributed by atoms with Crippen LogP contribution in [0.15, 0.2) is 217 Å². The summed E-state index contributed by atoms with van der Waals surface area (Å²) in [4.78, 5) is 5.00. The Morgan fingerprint density at radius 3 is 1.99 bits per heavy atom. The topological polar surface area (TPSA) is 49.0 Å². The molecular weight excluding hydrogens is 857 g/mol. The molecule has 6 nitrogen and oxygen atoms in total. The molecule has 0 amide bonds. The van der Waals surface area contributed by atoms with Gasteiger partial charge >= 0.3 is 0 Å². The maximum Gasteiger partial charge on any atom is 0.269 e. The Bertz CT molecular complexity index is 4260. The minimum absolute atomic E-state index is 0.0634. The van der Waals surface area contributed by atoms with Crippen LogP contribution in [0, 0.1) is 6.33 Å². The average molecular weight is 901 g/mol. The number of hydrogen-bond donors (Lipinski definition) is 0. The first-order valence-corrected chi connectivity index (χ1v) is 23.9. The number of fused-ring (bicyclic) bond motifs is 14. The molecule has 0 atom stereocenters. The number of rotatable bonds is 5. The number of imidazole rings is 1. The molecule has 0 saturated heterocycles. The molecule has 1 aliphatic rings. The van der Waals surface area contributed by atoms with Gasteiger partial charge in [0.1, 0.15) is 28.5 Å². The summed E-state index contributed by atoms with van der Waals surface area (Å²) in [5, 5.41) is 4.40. The molecule has 4 aromatic heterocycles.